The van der Waals surface area contributed by atoms with E-state index in [4.69, 9.17) is 4.42 Å². The lowest BCUT2D eigenvalue weighted by molar-refractivity contribution is 0.455. The van der Waals surface area contributed by atoms with Crippen LogP contribution in [0.5, 0.6) is 0 Å². The van der Waals surface area contributed by atoms with Crippen molar-refractivity contribution < 1.29 is 4.42 Å². The highest BCUT2D eigenvalue weighted by atomic mass is 32.2. The summed E-state index contributed by atoms with van der Waals surface area (Å²) in [5.41, 5.74) is 0. The number of thioether (sulfide) groups is 1. The van der Waals surface area contributed by atoms with Crippen LogP contribution in [0, 0.1) is 0 Å². The standard InChI is InChI=1S/C6H7OS/c1-8-6-4-2-3-5-7-6/h2-5H,1H3/q+1. The van der Waals surface area contributed by atoms with Crippen molar-refractivity contribution >= 4 is 11.8 Å². The molecule has 1 aromatic heterocycles. The largest absolute Gasteiger partial charge is 0.386 e. The van der Waals surface area contributed by atoms with Crippen LogP contribution >= 0.6 is 11.8 Å². The lowest BCUT2D eigenvalue weighted by Gasteiger charge is -1.74. The van der Waals surface area contributed by atoms with Gasteiger partial charge in [0.25, 0.3) is 0 Å². The van der Waals surface area contributed by atoms with Gasteiger partial charge in [0.1, 0.15) is 0 Å². The quantitative estimate of drug-likeness (QED) is 0.423. The maximum atomic E-state index is 5.04. The van der Waals surface area contributed by atoms with Gasteiger partial charge in [-0.05, 0) is 24.1 Å². The number of hydrogen-bond acceptors (Lipinski definition) is 1. The molecule has 0 atom stereocenters. The Kier molecular flexibility index (Phi) is 1.92. The highest BCUT2D eigenvalue weighted by molar-refractivity contribution is 7.98. The van der Waals surface area contributed by atoms with Crippen molar-refractivity contribution in [2.75, 3.05) is 6.26 Å². The van der Waals surface area contributed by atoms with Crippen LogP contribution in [0.4, 0.5) is 0 Å². The molecule has 0 aliphatic carbocycles. The zero-order valence-corrected chi connectivity index (χ0v) is 5.44. The fraction of sp³-hybridized carbons (Fsp3) is 0.167. The average molecular weight is 127 g/mol. The molecule has 2 heteroatoms. The molecule has 0 aliphatic rings. The fourth-order valence-electron chi connectivity index (χ4n) is 0.441. The SMILES string of the molecule is CSc1cccc[o+]1. The monoisotopic (exact) mass is 127 g/mol. The molecule has 0 unspecified atom stereocenters. The van der Waals surface area contributed by atoms with Crippen LogP contribution in [-0.4, -0.2) is 6.26 Å². The molecule has 0 saturated carbocycles. The average Bonchev–Trinajstić information content (AvgIpc) is 1.90. The summed E-state index contributed by atoms with van der Waals surface area (Å²) in [4.78, 5) is 0. The van der Waals surface area contributed by atoms with E-state index in [1.54, 1.807) is 18.0 Å². The van der Waals surface area contributed by atoms with Crippen molar-refractivity contribution in [1.29, 1.82) is 0 Å². The lowest BCUT2D eigenvalue weighted by Crippen LogP contribution is -1.62. The predicted octanol–water partition coefficient (Wildman–Crippen LogP) is 2.28. The molecule has 0 fully saturated rings. The molecule has 1 heterocycles. The van der Waals surface area contributed by atoms with Gasteiger partial charge >= 0.3 is 11.4 Å². The van der Waals surface area contributed by atoms with Gasteiger partial charge in [-0.25, -0.2) is 4.42 Å². The smallest absolute Gasteiger partial charge is 0.209 e. The summed E-state index contributed by atoms with van der Waals surface area (Å²) >= 11 is 1.60. The Labute approximate surface area is 52.7 Å². The van der Waals surface area contributed by atoms with Crippen molar-refractivity contribution in [3.8, 4) is 0 Å². The van der Waals surface area contributed by atoms with Gasteiger partial charge in [0.2, 0.25) is 0 Å². The third-order valence-corrected chi connectivity index (χ3v) is 1.44. The van der Waals surface area contributed by atoms with Gasteiger partial charge in [0.15, 0.2) is 0 Å². The molecule has 1 aromatic rings. The Bertz CT molecular complexity index is 150. The molecule has 0 bridgehead atoms. The van der Waals surface area contributed by atoms with E-state index >= 15 is 0 Å². The van der Waals surface area contributed by atoms with Crippen LogP contribution in [0.2, 0.25) is 0 Å². The summed E-state index contributed by atoms with van der Waals surface area (Å²) < 4.78 is 5.04. The molecule has 42 valence electrons. The molecular formula is C6H7OS+. The first-order valence-corrected chi connectivity index (χ1v) is 3.57. The van der Waals surface area contributed by atoms with Crippen LogP contribution in [0.3, 0.4) is 0 Å². The maximum absolute atomic E-state index is 5.04. The number of rotatable bonds is 1. The molecule has 0 radical (unpaired) electrons. The first-order chi connectivity index (χ1) is 3.93. The van der Waals surface area contributed by atoms with Crippen molar-refractivity contribution in [2.45, 2.75) is 5.09 Å². The van der Waals surface area contributed by atoms with E-state index in [0.717, 1.165) is 5.09 Å². The van der Waals surface area contributed by atoms with E-state index < -0.39 is 0 Å². The van der Waals surface area contributed by atoms with Gasteiger partial charge in [-0.1, -0.05) is 0 Å². The maximum Gasteiger partial charge on any atom is 0.386 e. The third kappa shape index (κ3) is 1.23. The van der Waals surface area contributed by atoms with Gasteiger partial charge in [0.05, 0.1) is 6.07 Å². The van der Waals surface area contributed by atoms with Crippen LogP contribution in [0.15, 0.2) is 34.0 Å². The van der Waals surface area contributed by atoms with E-state index in [1.165, 1.54) is 0 Å². The van der Waals surface area contributed by atoms with Crippen LogP contribution < -0.4 is 0 Å². The zero-order valence-electron chi connectivity index (χ0n) is 4.63. The van der Waals surface area contributed by atoms with Crippen molar-refractivity contribution in [3.63, 3.8) is 0 Å². The Hall–Kier alpha value is -0.500. The fourth-order valence-corrected chi connectivity index (χ4v) is 0.808. The van der Waals surface area contributed by atoms with E-state index in [2.05, 4.69) is 0 Å². The number of hydrogen-bond donors (Lipinski definition) is 0. The topological polar surface area (TPSA) is 11.3 Å². The highest BCUT2D eigenvalue weighted by Gasteiger charge is 1.98. The molecule has 0 aliphatic heterocycles. The summed E-state index contributed by atoms with van der Waals surface area (Å²) in [5.74, 6) is 0. The molecular weight excluding hydrogens is 120 g/mol. The molecule has 1 nitrogen and oxygen atoms in total. The van der Waals surface area contributed by atoms with Crippen molar-refractivity contribution in [1.82, 2.24) is 0 Å². The molecule has 0 saturated heterocycles. The second-order valence-corrected chi connectivity index (χ2v) is 2.14. The summed E-state index contributed by atoms with van der Waals surface area (Å²) in [6, 6.07) is 5.75. The predicted molar refractivity (Wildman–Crippen MR) is 34.9 cm³/mol. The minimum atomic E-state index is 0.951. The first-order valence-electron chi connectivity index (χ1n) is 2.34. The summed E-state index contributed by atoms with van der Waals surface area (Å²) in [6.45, 7) is 0. The highest BCUT2D eigenvalue weighted by Crippen LogP contribution is 2.11. The first kappa shape index (κ1) is 5.63. The summed E-state index contributed by atoms with van der Waals surface area (Å²) in [6.07, 6.45) is 3.66. The van der Waals surface area contributed by atoms with E-state index in [-0.39, 0.29) is 0 Å². The second kappa shape index (κ2) is 2.72. The molecule has 8 heavy (non-hydrogen) atoms. The van der Waals surface area contributed by atoms with Gasteiger partial charge in [-0.15, -0.1) is 0 Å². The van der Waals surface area contributed by atoms with Gasteiger partial charge in [-0.2, -0.15) is 0 Å². The normalized spacial score (nSPS) is 9.12. The minimum Gasteiger partial charge on any atom is -0.209 e. The second-order valence-electron chi connectivity index (χ2n) is 1.33. The summed E-state index contributed by atoms with van der Waals surface area (Å²) in [7, 11) is 0. The molecule has 0 N–H and O–H groups in total. The summed E-state index contributed by atoms with van der Waals surface area (Å²) in [5, 5.41) is 0.951. The Balaban J connectivity index is 2.83. The minimum absolute atomic E-state index is 0.951. The lowest BCUT2D eigenvalue weighted by atomic mass is 10.5. The van der Waals surface area contributed by atoms with Gasteiger partial charge < -0.3 is 0 Å². The van der Waals surface area contributed by atoms with E-state index in [1.807, 2.05) is 24.5 Å². The Morgan fingerprint density at radius 3 is 2.75 bits per heavy atom. The van der Waals surface area contributed by atoms with Crippen LogP contribution in [0.1, 0.15) is 0 Å². The Morgan fingerprint density at radius 1 is 1.50 bits per heavy atom. The Morgan fingerprint density at radius 2 is 2.38 bits per heavy atom. The van der Waals surface area contributed by atoms with Gasteiger partial charge in [-0.3, -0.25) is 0 Å². The van der Waals surface area contributed by atoms with Crippen molar-refractivity contribution in [3.05, 3.63) is 24.5 Å². The van der Waals surface area contributed by atoms with E-state index in [9.17, 15) is 0 Å². The van der Waals surface area contributed by atoms with Crippen LogP contribution in [0.25, 0.3) is 0 Å². The molecule has 0 amide bonds. The van der Waals surface area contributed by atoms with Crippen molar-refractivity contribution in [2.24, 2.45) is 0 Å². The third-order valence-electron chi connectivity index (χ3n) is 0.807. The van der Waals surface area contributed by atoms with Crippen LogP contribution in [-0.2, 0) is 0 Å². The molecule has 0 spiro atoms. The van der Waals surface area contributed by atoms with Gasteiger partial charge in [0, 0.05) is 6.07 Å². The molecule has 0 aromatic carbocycles. The zero-order chi connectivity index (χ0) is 5.82. The van der Waals surface area contributed by atoms with E-state index in [0.29, 0.717) is 0 Å². The molecule has 1 rings (SSSR count).